The van der Waals surface area contributed by atoms with Gasteiger partial charge in [0, 0.05) is 0 Å². The molecule has 6 nitrogen and oxygen atoms in total. The number of hydrogen-bond donors (Lipinski definition) is 2. The van der Waals surface area contributed by atoms with E-state index in [1.807, 2.05) is 42.6 Å². The SMILES string of the molecule is CC[C@H](C(=O)O[C@H](C)C(=O)NC(N)=O)c1ccccc1. The van der Waals surface area contributed by atoms with E-state index in [1.165, 1.54) is 6.92 Å². The van der Waals surface area contributed by atoms with Crippen molar-refractivity contribution in [1.82, 2.24) is 5.32 Å². The molecule has 0 bridgehead atoms. The number of esters is 1. The summed E-state index contributed by atoms with van der Waals surface area (Å²) in [5.74, 6) is -1.69. The van der Waals surface area contributed by atoms with Crippen LogP contribution in [0.5, 0.6) is 0 Å². The molecule has 0 radical (unpaired) electrons. The Morgan fingerprint density at radius 2 is 1.85 bits per heavy atom. The highest BCUT2D eigenvalue weighted by Gasteiger charge is 2.25. The van der Waals surface area contributed by atoms with Crippen molar-refractivity contribution in [1.29, 1.82) is 0 Å². The maximum atomic E-state index is 12.1. The topological polar surface area (TPSA) is 98.5 Å². The average Bonchev–Trinajstić information content (AvgIpc) is 2.39. The summed E-state index contributed by atoms with van der Waals surface area (Å²) in [6.45, 7) is 3.24. The van der Waals surface area contributed by atoms with Crippen molar-refractivity contribution in [3.8, 4) is 0 Å². The normalized spacial score (nSPS) is 13.1. The Kier molecular flexibility index (Phi) is 5.71. The molecule has 0 aromatic heterocycles. The third-order valence-corrected chi connectivity index (χ3v) is 2.80. The minimum atomic E-state index is -1.08. The molecule has 2 atom stereocenters. The highest BCUT2D eigenvalue weighted by molar-refractivity contribution is 5.96. The second-order valence-electron chi connectivity index (χ2n) is 4.30. The van der Waals surface area contributed by atoms with E-state index in [9.17, 15) is 14.4 Å². The third-order valence-electron chi connectivity index (χ3n) is 2.80. The monoisotopic (exact) mass is 278 g/mol. The molecule has 0 unspecified atom stereocenters. The molecule has 0 aliphatic carbocycles. The number of nitrogens with one attached hydrogen (secondary N) is 1. The molecule has 0 saturated carbocycles. The molecule has 3 N–H and O–H groups in total. The first-order valence-electron chi connectivity index (χ1n) is 6.31. The molecule has 108 valence electrons. The predicted octanol–water partition coefficient (Wildman–Crippen LogP) is 1.31. The molecule has 20 heavy (non-hydrogen) atoms. The highest BCUT2D eigenvalue weighted by Crippen LogP contribution is 2.21. The van der Waals surface area contributed by atoms with Gasteiger partial charge in [0.1, 0.15) is 0 Å². The Bertz CT molecular complexity index is 487. The van der Waals surface area contributed by atoms with Crippen LogP contribution < -0.4 is 11.1 Å². The number of ether oxygens (including phenoxy) is 1. The van der Waals surface area contributed by atoms with E-state index in [-0.39, 0.29) is 0 Å². The van der Waals surface area contributed by atoms with Crippen molar-refractivity contribution < 1.29 is 19.1 Å². The second kappa shape index (κ2) is 7.28. The van der Waals surface area contributed by atoms with Gasteiger partial charge in [-0.2, -0.15) is 0 Å². The molecule has 1 rings (SSSR count). The summed E-state index contributed by atoms with van der Waals surface area (Å²) in [4.78, 5) is 34.1. The first kappa shape index (κ1) is 15.7. The van der Waals surface area contributed by atoms with Crippen molar-refractivity contribution >= 4 is 17.9 Å². The average molecular weight is 278 g/mol. The molecular formula is C14H18N2O4. The lowest BCUT2D eigenvalue weighted by molar-refractivity contribution is -0.156. The predicted molar refractivity (Wildman–Crippen MR) is 72.8 cm³/mol. The van der Waals surface area contributed by atoms with E-state index < -0.39 is 29.9 Å². The maximum absolute atomic E-state index is 12.1. The van der Waals surface area contributed by atoms with Gasteiger partial charge < -0.3 is 10.5 Å². The molecule has 3 amide bonds. The lowest BCUT2D eigenvalue weighted by Crippen LogP contribution is -2.42. The number of carbonyl (C=O) groups excluding carboxylic acids is 3. The summed E-state index contributed by atoms with van der Waals surface area (Å²) in [7, 11) is 0. The molecule has 0 spiro atoms. The fourth-order valence-electron chi connectivity index (χ4n) is 1.76. The summed E-state index contributed by atoms with van der Waals surface area (Å²) in [5.41, 5.74) is 5.65. The number of amides is 3. The number of urea groups is 1. The van der Waals surface area contributed by atoms with Gasteiger partial charge >= 0.3 is 12.0 Å². The zero-order chi connectivity index (χ0) is 15.1. The molecule has 0 heterocycles. The molecule has 0 aliphatic heterocycles. The van der Waals surface area contributed by atoms with Crippen LogP contribution in [0, 0.1) is 0 Å². The van der Waals surface area contributed by atoms with Crippen LogP contribution >= 0.6 is 0 Å². The first-order chi connectivity index (χ1) is 9.45. The van der Waals surface area contributed by atoms with Crippen LogP contribution in [0.4, 0.5) is 4.79 Å². The second-order valence-corrected chi connectivity index (χ2v) is 4.30. The quantitative estimate of drug-likeness (QED) is 0.793. The minimum Gasteiger partial charge on any atom is -0.452 e. The van der Waals surface area contributed by atoms with Gasteiger partial charge in [0.15, 0.2) is 6.10 Å². The van der Waals surface area contributed by atoms with Gasteiger partial charge in [0.05, 0.1) is 5.92 Å². The zero-order valence-corrected chi connectivity index (χ0v) is 11.5. The number of imide groups is 1. The van der Waals surface area contributed by atoms with E-state index >= 15 is 0 Å². The maximum Gasteiger partial charge on any atom is 0.318 e. The number of primary amides is 1. The smallest absolute Gasteiger partial charge is 0.318 e. The Morgan fingerprint density at radius 1 is 1.25 bits per heavy atom. The molecule has 0 aliphatic rings. The van der Waals surface area contributed by atoms with Gasteiger partial charge in [-0.15, -0.1) is 0 Å². The largest absolute Gasteiger partial charge is 0.452 e. The standard InChI is InChI=1S/C14H18N2O4/c1-3-11(10-7-5-4-6-8-10)13(18)20-9(2)12(17)16-14(15)19/h4-9,11H,3H2,1-2H3,(H3,15,16,17,19)/t9-,11+/m1/s1. The van der Waals surface area contributed by atoms with Crippen LogP contribution in [0.3, 0.4) is 0 Å². The molecule has 1 aromatic carbocycles. The fraction of sp³-hybridized carbons (Fsp3) is 0.357. The van der Waals surface area contributed by atoms with Crippen LogP contribution in [-0.2, 0) is 14.3 Å². The van der Waals surface area contributed by atoms with E-state index in [4.69, 9.17) is 10.5 Å². The van der Waals surface area contributed by atoms with Crippen molar-refractivity contribution in [3.05, 3.63) is 35.9 Å². The molecular weight excluding hydrogens is 260 g/mol. The van der Waals surface area contributed by atoms with E-state index in [1.54, 1.807) is 0 Å². The lowest BCUT2D eigenvalue weighted by Gasteiger charge is -2.18. The third kappa shape index (κ3) is 4.38. The van der Waals surface area contributed by atoms with Crippen LogP contribution in [-0.4, -0.2) is 24.0 Å². The molecule has 0 saturated heterocycles. The molecule has 1 aromatic rings. The fourth-order valence-corrected chi connectivity index (χ4v) is 1.76. The van der Waals surface area contributed by atoms with Gasteiger partial charge in [-0.25, -0.2) is 4.79 Å². The van der Waals surface area contributed by atoms with Crippen molar-refractivity contribution in [2.45, 2.75) is 32.3 Å². The lowest BCUT2D eigenvalue weighted by atomic mass is 9.97. The molecule has 0 fully saturated rings. The Labute approximate surface area is 117 Å². The summed E-state index contributed by atoms with van der Waals surface area (Å²) in [6.07, 6.45) is -0.528. The van der Waals surface area contributed by atoms with E-state index in [0.29, 0.717) is 6.42 Å². The number of benzene rings is 1. The molecule has 6 heteroatoms. The highest BCUT2D eigenvalue weighted by atomic mass is 16.5. The van der Waals surface area contributed by atoms with Crippen LogP contribution in [0.1, 0.15) is 31.7 Å². The van der Waals surface area contributed by atoms with E-state index in [0.717, 1.165) is 5.56 Å². The number of hydrogen-bond acceptors (Lipinski definition) is 4. The Balaban J connectivity index is 2.69. The van der Waals surface area contributed by atoms with Gasteiger partial charge in [-0.05, 0) is 18.9 Å². The van der Waals surface area contributed by atoms with Gasteiger partial charge in [0.25, 0.3) is 5.91 Å². The summed E-state index contributed by atoms with van der Waals surface area (Å²) in [6, 6.07) is 8.17. The Morgan fingerprint density at radius 3 is 2.35 bits per heavy atom. The Hall–Kier alpha value is -2.37. The van der Waals surface area contributed by atoms with Crippen molar-refractivity contribution in [3.63, 3.8) is 0 Å². The van der Waals surface area contributed by atoms with Crippen LogP contribution in [0.25, 0.3) is 0 Å². The first-order valence-corrected chi connectivity index (χ1v) is 6.31. The number of carbonyl (C=O) groups is 3. The van der Waals surface area contributed by atoms with Gasteiger partial charge in [0.2, 0.25) is 0 Å². The van der Waals surface area contributed by atoms with E-state index in [2.05, 4.69) is 0 Å². The number of nitrogens with two attached hydrogens (primary N) is 1. The van der Waals surface area contributed by atoms with Gasteiger partial charge in [-0.3, -0.25) is 14.9 Å². The number of rotatable bonds is 5. The summed E-state index contributed by atoms with van der Waals surface area (Å²) in [5, 5.41) is 1.87. The van der Waals surface area contributed by atoms with Crippen LogP contribution in [0.15, 0.2) is 30.3 Å². The zero-order valence-electron chi connectivity index (χ0n) is 11.5. The summed E-state index contributed by atoms with van der Waals surface area (Å²) < 4.78 is 5.06. The van der Waals surface area contributed by atoms with Crippen molar-refractivity contribution in [2.75, 3.05) is 0 Å². The van der Waals surface area contributed by atoms with Crippen LogP contribution in [0.2, 0.25) is 0 Å². The minimum absolute atomic E-state index is 0.444. The van der Waals surface area contributed by atoms with Crippen molar-refractivity contribution in [2.24, 2.45) is 5.73 Å². The van der Waals surface area contributed by atoms with Gasteiger partial charge in [-0.1, -0.05) is 37.3 Å². The summed E-state index contributed by atoms with van der Waals surface area (Å²) >= 11 is 0.